The summed E-state index contributed by atoms with van der Waals surface area (Å²) in [5, 5.41) is 2.68. The Bertz CT molecular complexity index is 902. The second-order valence-corrected chi connectivity index (χ2v) is 5.43. The summed E-state index contributed by atoms with van der Waals surface area (Å²) >= 11 is 0. The maximum atomic E-state index is 2.33. The zero-order chi connectivity index (χ0) is 14.1. The van der Waals surface area contributed by atoms with Crippen molar-refractivity contribution in [2.24, 2.45) is 0 Å². The van der Waals surface area contributed by atoms with Crippen LogP contribution in [0.15, 0.2) is 72.8 Å². The third-order valence-electron chi connectivity index (χ3n) is 4.09. The van der Waals surface area contributed by atoms with Crippen molar-refractivity contribution in [1.29, 1.82) is 0 Å². The summed E-state index contributed by atoms with van der Waals surface area (Å²) in [5.74, 6) is 0. The average molecular weight is 268 g/mol. The van der Waals surface area contributed by atoms with E-state index >= 15 is 0 Å². The fourth-order valence-corrected chi connectivity index (χ4v) is 3.02. The summed E-state index contributed by atoms with van der Waals surface area (Å²) in [6, 6.07) is 25.8. The predicted molar refractivity (Wildman–Crippen MR) is 89.3 cm³/mol. The zero-order valence-electron chi connectivity index (χ0n) is 11.8. The number of hydrogen-bond acceptors (Lipinski definition) is 0. The monoisotopic (exact) mass is 268 g/mol. The molecule has 0 N–H and O–H groups in total. The average Bonchev–Trinajstić information content (AvgIpc) is 2.93. The van der Waals surface area contributed by atoms with E-state index in [0.29, 0.717) is 0 Å². The van der Waals surface area contributed by atoms with Gasteiger partial charge in [0.2, 0.25) is 0 Å². The Balaban J connectivity index is 1.82. The molecule has 0 saturated carbocycles. The van der Waals surface area contributed by atoms with E-state index in [1.807, 2.05) is 0 Å². The lowest BCUT2D eigenvalue weighted by molar-refractivity contribution is 1.32. The molecule has 4 rings (SSSR count). The summed E-state index contributed by atoms with van der Waals surface area (Å²) in [6.07, 6.45) is 5.61. The molecule has 100 valence electrons. The van der Waals surface area contributed by atoms with Gasteiger partial charge in [-0.25, -0.2) is 0 Å². The van der Waals surface area contributed by atoms with Crippen LogP contribution in [0.5, 0.6) is 0 Å². The van der Waals surface area contributed by atoms with Crippen molar-refractivity contribution in [3.8, 4) is 11.1 Å². The van der Waals surface area contributed by atoms with Crippen LogP contribution in [0.2, 0.25) is 0 Å². The molecular formula is C21H16. The molecule has 0 bridgehead atoms. The number of hydrogen-bond donors (Lipinski definition) is 0. The van der Waals surface area contributed by atoms with E-state index in [2.05, 4.69) is 84.9 Å². The van der Waals surface area contributed by atoms with Gasteiger partial charge in [-0.05, 0) is 45.2 Å². The van der Waals surface area contributed by atoms with E-state index in [0.717, 1.165) is 6.42 Å². The van der Waals surface area contributed by atoms with Crippen LogP contribution in [0.1, 0.15) is 11.1 Å². The van der Waals surface area contributed by atoms with E-state index in [1.54, 1.807) is 0 Å². The van der Waals surface area contributed by atoms with Crippen molar-refractivity contribution < 1.29 is 0 Å². The van der Waals surface area contributed by atoms with Gasteiger partial charge < -0.3 is 0 Å². The summed E-state index contributed by atoms with van der Waals surface area (Å²) in [7, 11) is 0. The van der Waals surface area contributed by atoms with Crippen molar-refractivity contribution in [3.63, 3.8) is 0 Å². The lowest BCUT2D eigenvalue weighted by Gasteiger charge is -2.00. The first-order valence-corrected chi connectivity index (χ1v) is 7.36. The van der Waals surface area contributed by atoms with Gasteiger partial charge >= 0.3 is 0 Å². The highest BCUT2D eigenvalue weighted by Gasteiger charge is 2.10. The third-order valence-corrected chi connectivity index (χ3v) is 4.09. The molecule has 3 aromatic carbocycles. The van der Waals surface area contributed by atoms with Crippen molar-refractivity contribution >= 4 is 12.2 Å². The van der Waals surface area contributed by atoms with Crippen molar-refractivity contribution in [2.45, 2.75) is 6.42 Å². The number of rotatable bonds is 2. The van der Waals surface area contributed by atoms with Crippen LogP contribution in [0.25, 0.3) is 23.3 Å². The first-order chi connectivity index (χ1) is 10.4. The first-order valence-electron chi connectivity index (χ1n) is 7.36. The molecule has 1 aliphatic carbocycles. The van der Waals surface area contributed by atoms with Gasteiger partial charge in [-0.15, -0.1) is 0 Å². The standard InChI is InChI=1S/C21H16/c1-2-7-16(8-3-1)13-14-17-10-6-12-20-19-11-5-4-9-18(19)15-21(17)20/h1-12,14-15H,13H2. The van der Waals surface area contributed by atoms with E-state index in [9.17, 15) is 0 Å². The molecule has 0 spiro atoms. The van der Waals surface area contributed by atoms with Gasteiger partial charge in [0.1, 0.15) is 0 Å². The zero-order valence-corrected chi connectivity index (χ0v) is 11.8. The van der Waals surface area contributed by atoms with E-state index < -0.39 is 0 Å². The van der Waals surface area contributed by atoms with Gasteiger partial charge in [0.15, 0.2) is 0 Å². The molecule has 0 saturated heterocycles. The quantitative estimate of drug-likeness (QED) is 0.522. The summed E-state index contributed by atoms with van der Waals surface area (Å²) < 4.78 is 0. The summed E-state index contributed by atoms with van der Waals surface area (Å²) in [5.41, 5.74) is 5.38. The predicted octanol–water partition coefficient (Wildman–Crippen LogP) is 3.52. The number of benzene rings is 3. The van der Waals surface area contributed by atoms with Crippen molar-refractivity contribution in [3.05, 3.63) is 94.4 Å². The van der Waals surface area contributed by atoms with Crippen LogP contribution in [0.3, 0.4) is 0 Å². The first kappa shape index (κ1) is 12.2. The van der Waals surface area contributed by atoms with Gasteiger partial charge in [0.25, 0.3) is 0 Å². The maximum Gasteiger partial charge on any atom is -0.00882 e. The largest absolute Gasteiger partial charge is 0.0722 e. The van der Waals surface area contributed by atoms with Gasteiger partial charge in [-0.2, -0.15) is 0 Å². The van der Waals surface area contributed by atoms with Crippen LogP contribution < -0.4 is 10.4 Å². The Morgan fingerprint density at radius 3 is 2.33 bits per heavy atom. The fourth-order valence-electron chi connectivity index (χ4n) is 3.02. The van der Waals surface area contributed by atoms with Crippen LogP contribution >= 0.6 is 0 Å². The molecule has 3 aromatic rings. The van der Waals surface area contributed by atoms with Crippen molar-refractivity contribution in [1.82, 2.24) is 0 Å². The lowest BCUT2D eigenvalue weighted by atomic mass is 10.0. The minimum absolute atomic E-state index is 0.974. The topological polar surface area (TPSA) is 0 Å². The molecule has 0 aromatic heterocycles. The molecule has 0 fully saturated rings. The Morgan fingerprint density at radius 1 is 0.667 bits per heavy atom. The molecule has 0 aliphatic heterocycles. The highest BCUT2D eigenvalue weighted by Crippen LogP contribution is 2.24. The highest BCUT2D eigenvalue weighted by molar-refractivity contribution is 5.82. The van der Waals surface area contributed by atoms with Gasteiger partial charge in [-0.3, -0.25) is 0 Å². The van der Waals surface area contributed by atoms with Gasteiger partial charge in [0, 0.05) is 0 Å². The maximum absolute atomic E-state index is 2.33. The molecule has 0 unspecified atom stereocenters. The molecule has 0 amide bonds. The molecule has 1 aliphatic rings. The minimum atomic E-state index is 0.974. The summed E-state index contributed by atoms with van der Waals surface area (Å²) in [4.78, 5) is 0. The Hall–Kier alpha value is -2.60. The molecule has 0 nitrogen and oxygen atoms in total. The molecule has 0 radical (unpaired) electrons. The van der Waals surface area contributed by atoms with Gasteiger partial charge in [-0.1, -0.05) is 78.9 Å². The third kappa shape index (κ3) is 2.19. The highest BCUT2D eigenvalue weighted by atomic mass is 14.1. The smallest absolute Gasteiger partial charge is 0.00882 e. The molecular weight excluding hydrogens is 252 g/mol. The Kier molecular flexibility index (Phi) is 2.93. The second kappa shape index (κ2) is 5.06. The SMILES string of the molecule is C(Cc1ccccc1)=c1cccc2c1=Cc1ccccc1-2. The Morgan fingerprint density at radius 2 is 1.43 bits per heavy atom. The van der Waals surface area contributed by atoms with Crippen molar-refractivity contribution in [2.75, 3.05) is 0 Å². The lowest BCUT2D eigenvalue weighted by Crippen LogP contribution is -2.24. The molecule has 0 heteroatoms. The van der Waals surface area contributed by atoms with Crippen LogP contribution in [-0.4, -0.2) is 0 Å². The Labute approximate surface area is 124 Å². The van der Waals surface area contributed by atoms with Crippen LogP contribution in [0.4, 0.5) is 0 Å². The number of fused-ring (bicyclic) bond motifs is 3. The minimum Gasteiger partial charge on any atom is -0.0722 e. The van der Waals surface area contributed by atoms with E-state index in [-0.39, 0.29) is 0 Å². The normalized spacial score (nSPS) is 12.7. The fraction of sp³-hybridized carbons (Fsp3) is 0.0476. The molecule has 21 heavy (non-hydrogen) atoms. The molecule has 0 heterocycles. The molecule has 0 atom stereocenters. The van der Waals surface area contributed by atoms with E-state index in [1.165, 1.54) is 32.7 Å². The van der Waals surface area contributed by atoms with E-state index in [4.69, 9.17) is 0 Å². The van der Waals surface area contributed by atoms with Gasteiger partial charge in [0.05, 0.1) is 0 Å². The van der Waals surface area contributed by atoms with Crippen LogP contribution in [-0.2, 0) is 6.42 Å². The second-order valence-electron chi connectivity index (χ2n) is 5.43. The summed E-state index contributed by atoms with van der Waals surface area (Å²) in [6.45, 7) is 0. The van der Waals surface area contributed by atoms with Crippen LogP contribution in [0, 0.1) is 0 Å².